The van der Waals surface area contributed by atoms with Gasteiger partial charge in [0, 0.05) is 73.4 Å². The van der Waals surface area contributed by atoms with Crippen molar-refractivity contribution >= 4 is 34.5 Å². The van der Waals surface area contributed by atoms with Crippen molar-refractivity contribution in [3.63, 3.8) is 0 Å². The van der Waals surface area contributed by atoms with Crippen LogP contribution in [0.2, 0.25) is 0 Å². The Bertz CT molecular complexity index is 1910. The number of halogens is 2. The highest BCUT2D eigenvalue weighted by molar-refractivity contribution is 5.95. The summed E-state index contributed by atoms with van der Waals surface area (Å²) in [6.07, 6.45) is 7.70. The van der Waals surface area contributed by atoms with E-state index in [1.165, 1.54) is 18.2 Å². The van der Waals surface area contributed by atoms with Gasteiger partial charge in [-0.05, 0) is 73.0 Å². The smallest absolute Gasteiger partial charge is 0.237 e. The highest BCUT2D eigenvalue weighted by Crippen LogP contribution is 2.29. The second kappa shape index (κ2) is 15.1. The lowest BCUT2D eigenvalue weighted by Crippen LogP contribution is -2.41. The lowest BCUT2D eigenvalue weighted by molar-refractivity contribution is -0.131. The number of anilines is 1. The van der Waals surface area contributed by atoms with Crippen LogP contribution in [0.1, 0.15) is 18.4 Å². The number of carbonyl (C=O) groups excluding carboxylic acids is 2. The Kier molecular flexibility index (Phi) is 10.2. The summed E-state index contributed by atoms with van der Waals surface area (Å²) >= 11 is 0. The number of ether oxygens (including phenoxy) is 1. The summed E-state index contributed by atoms with van der Waals surface area (Å²) in [5.41, 5.74) is 5.26. The van der Waals surface area contributed by atoms with Gasteiger partial charge in [0.25, 0.3) is 0 Å². The van der Waals surface area contributed by atoms with Crippen LogP contribution in [0.25, 0.3) is 39.1 Å². The quantitative estimate of drug-likeness (QED) is 0.211. The Morgan fingerprint density at radius 3 is 2.52 bits per heavy atom. The monoisotopic (exact) mass is 651 g/mol. The van der Waals surface area contributed by atoms with E-state index in [9.17, 15) is 18.4 Å². The van der Waals surface area contributed by atoms with Crippen LogP contribution >= 0.6 is 0 Å². The molecule has 48 heavy (non-hydrogen) atoms. The number of carbonyl (C=O) groups is 2. The third kappa shape index (κ3) is 7.62. The third-order valence-corrected chi connectivity index (χ3v) is 8.53. The van der Waals surface area contributed by atoms with E-state index in [-0.39, 0.29) is 23.6 Å². The summed E-state index contributed by atoms with van der Waals surface area (Å²) in [5.74, 6) is 0.0506. The predicted octanol–water partition coefficient (Wildman–Crippen LogP) is 5.56. The van der Waals surface area contributed by atoms with Gasteiger partial charge in [0.15, 0.2) is 5.82 Å². The van der Waals surface area contributed by atoms with Gasteiger partial charge in [-0.25, -0.2) is 18.7 Å². The lowest BCUT2D eigenvalue weighted by Gasteiger charge is -2.28. The van der Waals surface area contributed by atoms with Gasteiger partial charge in [-0.2, -0.15) is 5.10 Å². The molecular weight excluding hydrogens is 616 g/mol. The standard InChI is InChI=1S/C22H25FN4O2.C14H10FN3O/c1-29-18-7-10-26(14-18)15-21(28)27-11-5-16(6-12-27)19-4-3-17(13-20(19)23)22-24-8-2-9-25-22;15-10-3-1-9(2-4-10)14-12-7-11(16-8-19)5-6-13(12)17-18-14/h2-5,8-9,13,18H,6-7,10-12,14-15H2,1H3;1-8H,(H,16,19)(H,17,18). The molecule has 0 aliphatic carbocycles. The molecule has 1 fully saturated rings. The molecule has 2 N–H and O–H groups in total. The molecule has 0 bridgehead atoms. The fourth-order valence-corrected chi connectivity index (χ4v) is 5.93. The fourth-order valence-electron chi connectivity index (χ4n) is 5.93. The molecule has 12 heteroatoms. The molecule has 4 heterocycles. The number of likely N-dealkylation sites (tertiary alicyclic amines) is 1. The van der Waals surface area contributed by atoms with Gasteiger partial charge in [-0.15, -0.1) is 0 Å². The summed E-state index contributed by atoms with van der Waals surface area (Å²) in [5, 5.41) is 10.6. The first-order chi connectivity index (χ1) is 23.4. The molecule has 1 unspecified atom stereocenters. The second-order valence-electron chi connectivity index (χ2n) is 11.6. The maximum Gasteiger partial charge on any atom is 0.237 e. The van der Waals surface area contributed by atoms with Crippen molar-refractivity contribution in [3.05, 3.63) is 102 Å². The minimum absolute atomic E-state index is 0.120. The number of fused-ring (bicyclic) bond motifs is 1. The Labute approximate surface area is 276 Å². The van der Waals surface area contributed by atoms with Crippen molar-refractivity contribution in [2.75, 3.05) is 45.2 Å². The number of rotatable bonds is 8. The van der Waals surface area contributed by atoms with Crippen LogP contribution in [0, 0.1) is 11.6 Å². The Balaban J connectivity index is 0.000000182. The summed E-state index contributed by atoms with van der Waals surface area (Å²) in [6, 6.07) is 18.4. The Morgan fingerprint density at radius 2 is 1.83 bits per heavy atom. The number of nitrogens with one attached hydrogen (secondary N) is 2. The van der Waals surface area contributed by atoms with Crippen LogP contribution in [-0.2, 0) is 14.3 Å². The first-order valence-corrected chi connectivity index (χ1v) is 15.7. The first kappa shape index (κ1) is 32.6. The molecule has 2 aliphatic heterocycles. The van der Waals surface area contributed by atoms with Crippen molar-refractivity contribution < 1.29 is 23.1 Å². The second-order valence-corrected chi connectivity index (χ2v) is 11.6. The number of aromatic amines is 1. The molecule has 5 aromatic rings. The number of benzene rings is 3. The molecule has 246 valence electrons. The Hall–Kier alpha value is -5.33. The zero-order valence-corrected chi connectivity index (χ0v) is 26.4. The molecule has 3 aromatic carbocycles. The molecule has 0 saturated carbocycles. The molecule has 0 radical (unpaired) electrons. The minimum atomic E-state index is -0.288. The van der Waals surface area contributed by atoms with Gasteiger partial charge in [-0.3, -0.25) is 19.6 Å². The number of amides is 2. The normalized spacial score (nSPS) is 16.3. The van der Waals surface area contributed by atoms with Crippen molar-refractivity contribution in [1.29, 1.82) is 0 Å². The first-order valence-electron chi connectivity index (χ1n) is 15.7. The van der Waals surface area contributed by atoms with E-state index in [1.54, 1.807) is 49.8 Å². The van der Waals surface area contributed by atoms with Crippen LogP contribution in [0.4, 0.5) is 14.5 Å². The number of hydrogen-bond donors (Lipinski definition) is 2. The molecule has 1 atom stereocenters. The van der Waals surface area contributed by atoms with Crippen LogP contribution in [0.15, 0.2) is 85.2 Å². The predicted molar refractivity (Wildman–Crippen MR) is 180 cm³/mol. The van der Waals surface area contributed by atoms with E-state index >= 15 is 0 Å². The van der Waals surface area contributed by atoms with Crippen LogP contribution in [0.5, 0.6) is 0 Å². The van der Waals surface area contributed by atoms with E-state index in [0.717, 1.165) is 47.2 Å². The topological polar surface area (TPSA) is 116 Å². The number of aromatic nitrogens is 4. The van der Waals surface area contributed by atoms with Crippen molar-refractivity contribution in [3.8, 4) is 22.6 Å². The van der Waals surface area contributed by atoms with Gasteiger partial charge in [-0.1, -0.05) is 18.2 Å². The van der Waals surface area contributed by atoms with Gasteiger partial charge >= 0.3 is 0 Å². The fraction of sp³-hybridized carbons (Fsp3) is 0.250. The van der Waals surface area contributed by atoms with Gasteiger partial charge in [0.05, 0.1) is 23.9 Å². The number of nitrogens with zero attached hydrogens (tertiary/aromatic N) is 5. The molecule has 7 rings (SSSR count). The van der Waals surface area contributed by atoms with E-state index < -0.39 is 0 Å². The molecule has 10 nitrogen and oxygen atoms in total. The van der Waals surface area contributed by atoms with E-state index in [1.807, 2.05) is 29.2 Å². The summed E-state index contributed by atoms with van der Waals surface area (Å²) in [6.45, 7) is 3.23. The van der Waals surface area contributed by atoms with Crippen LogP contribution in [-0.4, -0.2) is 88.2 Å². The highest BCUT2D eigenvalue weighted by atomic mass is 19.1. The largest absolute Gasteiger partial charge is 0.380 e. The number of methoxy groups -OCH3 is 1. The molecular formula is C36H35F2N7O3. The highest BCUT2D eigenvalue weighted by Gasteiger charge is 2.26. The van der Waals surface area contributed by atoms with E-state index in [2.05, 4.69) is 30.4 Å². The van der Waals surface area contributed by atoms with Gasteiger partial charge in [0.2, 0.25) is 12.3 Å². The average molecular weight is 652 g/mol. The van der Waals surface area contributed by atoms with Crippen molar-refractivity contribution in [2.24, 2.45) is 0 Å². The van der Waals surface area contributed by atoms with E-state index in [0.29, 0.717) is 55.1 Å². The van der Waals surface area contributed by atoms with Crippen LogP contribution in [0.3, 0.4) is 0 Å². The summed E-state index contributed by atoms with van der Waals surface area (Å²) in [4.78, 5) is 35.4. The molecule has 1 saturated heterocycles. The maximum absolute atomic E-state index is 14.7. The summed E-state index contributed by atoms with van der Waals surface area (Å²) < 4.78 is 33.0. The van der Waals surface area contributed by atoms with Gasteiger partial charge in [0.1, 0.15) is 11.6 Å². The summed E-state index contributed by atoms with van der Waals surface area (Å²) in [7, 11) is 1.71. The molecule has 2 aromatic heterocycles. The zero-order chi connectivity index (χ0) is 33.5. The minimum Gasteiger partial charge on any atom is -0.380 e. The van der Waals surface area contributed by atoms with Gasteiger partial charge < -0.3 is 15.0 Å². The van der Waals surface area contributed by atoms with Crippen molar-refractivity contribution in [2.45, 2.75) is 18.9 Å². The molecule has 0 spiro atoms. The van der Waals surface area contributed by atoms with Crippen molar-refractivity contribution in [1.82, 2.24) is 30.0 Å². The van der Waals surface area contributed by atoms with Crippen LogP contribution < -0.4 is 5.32 Å². The SMILES string of the molecule is COC1CCN(CC(=O)N2CC=C(c3ccc(-c4ncccn4)cc3F)CC2)C1.O=CNc1ccc2[nH]nc(-c3ccc(F)cc3)c2c1. The third-order valence-electron chi connectivity index (χ3n) is 8.53. The number of H-pyrrole nitrogens is 1. The Morgan fingerprint density at radius 1 is 1.04 bits per heavy atom. The average Bonchev–Trinajstić information content (AvgIpc) is 3.76. The lowest BCUT2D eigenvalue weighted by atomic mass is 9.97. The van der Waals surface area contributed by atoms with E-state index in [4.69, 9.17) is 4.74 Å². The molecule has 2 amide bonds. The zero-order valence-electron chi connectivity index (χ0n) is 26.4. The molecule has 2 aliphatic rings. The number of hydrogen-bond acceptors (Lipinski definition) is 7. The maximum atomic E-state index is 14.7.